The highest BCUT2D eigenvalue weighted by atomic mass is 32.1. The summed E-state index contributed by atoms with van der Waals surface area (Å²) in [5.74, 6) is 0. The quantitative estimate of drug-likeness (QED) is 0.367. The van der Waals surface area contributed by atoms with E-state index in [0.717, 1.165) is 16.7 Å². The zero-order chi connectivity index (χ0) is 17.1. The van der Waals surface area contributed by atoms with Crippen LogP contribution in [-0.2, 0) is 0 Å². The van der Waals surface area contributed by atoms with Crippen LogP contribution in [0.3, 0.4) is 0 Å². The van der Waals surface area contributed by atoms with E-state index < -0.39 is 0 Å². The number of fused-ring (bicyclic) bond motifs is 7. The maximum atomic E-state index is 4.74. The van der Waals surface area contributed by atoms with Crippen molar-refractivity contribution in [3.05, 3.63) is 79.3 Å². The van der Waals surface area contributed by atoms with Crippen LogP contribution in [0.15, 0.2) is 79.3 Å². The molecule has 122 valence electrons. The molecule has 0 saturated heterocycles. The number of nitrogens with zero attached hydrogens (tertiary/aromatic N) is 3. The van der Waals surface area contributed by atoms with Crippen molar-refractivity contribution in [2.75, 3.05) is 0 Å². The van der Waals surface area contributed by atoms with Crippen LogP contribution in [0, 0.1) is 0 Å². The summed E-state index contributed by atoms with van der Waals surface area (Å²) in [4.78, 5) is 9.05. The minimum atomic E-state index is 1.04. The molecule has 26 heavy (non-hydrogen) atoms. The number of pyridine rings is 2. The molecular weight excluding hydrogens is 338 g/mol. The maximum Gasteiger partial charge on any atom is 0.0977 e. The smallest absolute Gasteiger partial charge is 0.0977 e. The summed E-state index contributed by atoms with van der Waals surface area (Å²) in [5, 5.41) is 3.84. The lowest BCUT2D eigenvalue weighted by molar-refractivity contribution is 1.14. The predicted molar refractivity (Wildman–Crippen MR) is 109 cm³/mol. The third-order valence-electron chi connectivity index (χ3n) is 4.93. The molecule has 0 aliphatic carbocycles. The van der Waals surface area contributed by atoms with Crippen molar-refractivity contribution >= 4 is 53.4 Å². The van der Waals surface area contributed by atoms with E-state index in [2.05, 4.69) is 58.1 Å². The minimum absolute atomic E-state index is 1.04. The van der Waals surface area contributed by atoms with Crippen molar-refractivity contribution < 1.29 is 0 Å². The van der Waals surface area contributed by atoms with Gasteiger partial charge in [-0.1, -0.05) is 24.3 Å². The van der Waals surface area contributed by atoms with Crippen molar-refractivity contribution in [1.29, 1.82) is 0 Å². The molecule has 0 N–H and O–H groups in total. The molecule has 0 saturated carbocycles. The number of hydrogen-bond acceptors (Lipinski definition) is 3. The molecule has 0 atom stereocenters. The van der Waals surface area contributed by atoms with Gasteiger partial charge < -0.3 is 4.57 Å². The van der Waals surface area contributed by atoms with E-state index in [4.69, 9.17) is 4.98 Å². The largest absolute Gasteiger partial charge is 0.306 e. The summed E-state index contributed by atoms with van der Waals surface area (Å²) in [6.45, 7) is 0. The molecule has 0 radical (unpaired) electrons. The van der Waals surface area contributed by atoms with Crippen LogP contribution in [-0.4, -0.2) is 14.5 Å². The van der Waals surface area contributed by atoms with Crippen molar-refractivity contribution in [3.63, 3.8) is 0 Å². The van der Waals surface area contributed by atoms with Crippen LogP contribution in [0.25, 0.3) is 47.8 Å². The second kappa shape index (κ2) is 5.13. The molecule has 0 spiro atoms. The first-order valence-corrected chi connectivity index (χ1v) is 9.33. The third-order valence-corrected chi connectivity index (χ3v) is 6.14. The zero-order valence-electron chi connectivity index (χ0n) is 13.8. The van der Waals surface area contributed by atoms with E-state index in [1.807, 2.05) is 35.9 Å². The van der Waals surface area contributed by atoms with E-state index in [-0.39, 0.29) is 0 Å². The summed E-state index contributed by atoms with van der Waals surface area (Å²) in [6, 6.07) is 21.3. The van der Waals surface area contributed by atoms with Crippen LogP contribution < -0.4 is 0 Å². The second-order valence-corrected chi connectivity index (χ2v) is 7.40. The molecule has 0 fully saturated rings. The number of hydrogen-bond donors (Lipinski definition) is 0. The van der Waals surface area contributed by atoms with E-state index in [1.165, 1.54) is 31.1 Å². The Labute approximate surface area is 153 Å². The summed E-state index contributed by atoms with van der Waals surface area (Å²) >= 11 is 1.85. The molecule has 0 aliphatic rings. The monoisotopic (exact) mass is 351 g/mol. The van der Waals surface area contributed by atoms with Crippen molar-refractivity contribution in [2.24, 2.45) is 0 Å². The molecule has 6 aromatic rings. The Bertz CT molecular complexity index is 1430. The van der Waals surface area contributed by atoms with Gasteiger partial charge in [0.2, 0.25) is 0 Å². The lowest BCUT2D eigenvalue weighted by Gasteiger charge is -2.06. The summed E-state index contributed by atoms with van der Waals surface area (Å²) in [7, 11) is 0. The lowest BCUT2D eigenvalue weighted by atomic mass is 10.1. The zero-order valence-corrected chi connectivity index (χ0v) is 14.6. The van der Waals surface area contributed by atoms with Gasteiger partial charge in [0, 0.05) is 38.0 Å². The van der Waals surface area contributed by atoms with Crippen LogP contribution in [0.5, 0.6) is 0 Å². The Hall–Kier alpha value is -3.24. The minimum Gasteiger partial charge on any atom is -0.306 e. The van der Waals surface area contributed by atoms with E-state index >= 15 is 0 Å². The molecule has 4 heteroatoms. The van der Waals surface area contributed by atoms with Crippen LogP contribution in [0.4, 0.5) is 0 Å². The number of rotatable bonds is 1. The first-order chi connectivity index (χ1) is 12.9. The summed E-state index contributed by atoms with van der Waals surface area (Å²) in [5.41, 5.74) is 4.38. The van der Waals surface area contributed by atoms with Gasteiger partial charge in [-0.2, -0.15) is 0 Å². The Morgan fingerprint density at radius 3 is 2.62 bits per heavy atom. The molecule has 0 unspecified atom stereocenters. The number of thiophene rings is 1. The summed E-state index contributed by atoms with van der Waals surface area (Å²) < 4.78 is 4.87. The van der Waals surface area contributed by atoms with E-state index in [0.29, 0.717) is 0 Å². The van der Waals surface area contributed by atoms with Crippen molar-refractivity contribution in [3.8, 4) is 5.69 Å². The SMILES string of the molecule is c1cncc(-n2c3cccnc3c3c4sc5ccccc5c4ccc32)c1. The van der Waals surface area contributed by atoms with Gasteiger partial charge in [-0.05, 0) is 36.4 Å². The highest BCUT2D eigenvalue weighted by molar-refractivity contribution is 7.26. The van der Waals surface area contributed by atoms with Crippen LogP contribution >= 0.6 is 11.3 Å². The van der Waals surface area contributed by atoms with E-state index in [9.17, 15) is 0 Å². The topological polar surface area (TPSA) is 30.7 Å². The van der Waals surface area contributed by atoms with Crippen molar-refractivity contribution in [1.82, 2.24) is 14.5 Å². The van der Waals surface area contributed by atoms with Gasteiger partial charge in [-0.25, -0.2) is 0 Å². The number of benzene rings is 2. The Kier molecular flexibility index (Phi) is 2.76. The van der Waals surface area contributed by atoms with Gasteiger partial charge in [-0.15, -0.1) is 11.3 Å². The standard InChI is InChI=1S/C22H13N3S/c1-2-8-19-15(6-1)16-9-10-17-20(22(16)26-19)21-18(7-4-12-24-21)25(17)14-5-3-11-23-13-14/h1-13H. The van der Waals surface area contributed by atoms with Crippen LogP contribution in [0.1, 0.15) is 0 Å². The lowest BCUT2D eigenvalue weighted by Crippen LogP contribution is -1.93. The highest BCUT2D eigenvalue weighted by Crippen LogP contribution is 2.42. The fourth-order valence-electron chi connectivity index (χ4n) is 3.86. The van der Waals surface area contributed by atoms with Gasteiger partial charge in [0.25, 0.3) is 0 Å². The first kappa shape index (κ1) is 14.0. The molecule has 0 amide bonds. The second-order valence-electron chi connectivity index (χ2n) is 6.35. The fourth-order valence-corrected chi connectivity index (χ4v) is 5.10. The van der Waals surface area contributed by atoms with Gasteiger partial charge in [0.1, 0.15) is 0 Å². The molecule has 2 aromatic carbocycles. The normalized spacial score (nSPS) is 11.8. The Balaban J connectivity index is 1.89. The van der Waals surface area contributed by atoms with Gasteiger partial charge in [0.15, 0.2) is 0 Å². The molecule has 0 aliphatic heterocycles. The van der Waals surface area contributed by atoms with E-state index in [1.54, 1.807) is 6.20 Å². The molecule has 4 heterocycles. The average molecular weight is 351 g/mol. The Morgan fingerprint density at radius 1 is 0.769 bits per heavy atom. The van der Waals surface area contributed by atoms with Gasteiger partial charge in [0.05, 0.1) is 28.4 Å². The van der Waals surface area contributed by atoms with Crippen LogP contribution in [0.2, 0.25) is 0 Å². The van der Waals surface area contributed by atoms with Crippen molar-refractivity contribution in [2.45, 2.75) is 0 Å². The maximum absolute atomic E-state index is 4.74. The number of aromatic nitrogens is 3. The molecule has 4 aromatic heterocycles. The summed E-state index contributed by atoms with van der Waals surface area (Å²) in [6.07, 6.45) is 5.59. The predicted octanol–water partition coefficient (Wildman–Crippen LogP) is 5.94. The molecular formula is C22H13N3S. The van der Waals surface area contributed by atoms with Gasteiger partial charge in [-0.3, -0.25) is 9.97 Å². The highest BCUT2D eigenvalue weighted by Gasteiger charge is 2.17. The third kappa shape index (κ3) is 1.77. The average Bonchev–Trinajstić information content (AvgIpc) is 3.24. The molecule has 6 rings (SSSR count). The molecule has 3 nitrogen and oxygen atoms in total. The first-order valence-electron chi connectivity index (χ1n) is 8.51. The Morgan fingerprint density at radius 2 is 1.69 bits per heavy atom. The molecule has 0 bridgehead atoms. The fraction of sp³-hybridized carbons (Fsp3) is 0. The van der Waals surface area contributed by atoms with Gasteiger partial charge >= 0.3 is 0 Å².